The van der Waals surface area contributed by atoms with Gasteiger partial charge in [-0.3, -0.25) is 4.72 Å². The molecule has 0 saturated carbocycles. The number of nitrogens with one attached hydrogen (secondary N) is 1. The number of rotatable bonds is 3. The second kappa shape index (κ2) is 6.94. The zero-order valence-corrected chi connectivity index (χ0v) is 13.0. The van der Waals surface area contributed by atoms with Gasteiger partial charge in [-0.25, -0.2) is 0 Å². The number of aryl methyl sites for hydroxylation is 1. The molecule has 0 spiro atoms. The van der Waals surface area contributed by atoms with Crippen LogP contribution in [0.4, 0.5) is 5.69 Å². The SMILES string of the molecule is Cc1ccc(C#CCN)c(NS(=O)(=O)N2CCCCC2)c1. The van der Waals surface area contributed by atoms with Crippen molar-refractivity contribution in [3.05, 3.63) is 29.3 Å². The van der Waals surface area contributed by atoms with E-state index in [0.717, 1.165) is 24.8 Å². The van der Waals surface area contributed by atoms with E-state index in [-0.39, 0.29) is 6.54 Å². The van der Waals surface area contributed by atoms with Gasteiger partial charge in [0.25, 0.3) is 0 Å². The summed E-state index contributed by atoms with van der Waals surface area (Å²) in [6.07, 6.45) is 2.91. The molecule has 1 saturated heterocycles. The van der Waals surface area contributed by atoms with E-state index in [4.69, 9.17) is 5.73 Å². The molecule has 21 heavy (non-hydrogen) atoms. The zero-order chi connectivity index (χ0) is 15.3. The van der Waals surface area contributed by atoms with E-state index in [1.807, 2.05) is 19.1 Å². The van der Waals surface area contributed by atoms with Gasteiger partial charge in [0.15, 0.2) is 0 Å². The van der Waals surface area contributed by atoms with Crippen molar-refractivity contribution in [1.82, 2.24) is 4.31 Å². The number of hydrogen-bond acceptors (Lipinski definition) is 3. The molecule has 1 fully saturated rings. The first-order valence-corrected chi connectivity index (χ1v) is 8.54. The van der Waals surface area contributed by atoms with Gasteiger partial charge in [-0.1, -0.05) is 24.3 Å². The highest BCUT2D eigenvalue weighted by molar-refractivity contribution is 7.90. The molecule has 5 nitrogen and oxygen atoms in total. The van der Waals surface area contributed by atoms with Gasteiger partial charge in [0, 0.05) is 18.7 Å². The van der Waals surface area contributed by atoms with Crippen molar-refractivity contribution in [2.24, 2.45) is 5.73 Å². The van der Waals surface area contributed by atoms with Crippen LogP contribution >= 0.6 is 0 Å². The van der Waals surface area contributed by atoms with E-state index in [0.29, 0.717) is 24.3 Å². The molecular weight excluding hydrogens is 286 g/mol. The van der Waals surface area contributed by atoms with E-state index in [1.54, 1.807) is 6.07 Å². The molecule has 2 rings (SSSR count). The van der Waals surface area contributed by atoms with Crippen molar-refractivity contribution in [3.63, 3.8) is 0 Å². The maximum atomic E-state index is 12.4. The Bertz CT molecular complexity index is 653. The first-order valence-electron chi connectivity index (χ1n) is 7.10. The molecule has 0 radical (unpaired) electrons. The molecular formula is C15H21N3O2S. The molecule has 0 atom stereocenters. The molecule has 3 N–H and O–H groups in total. The lowest BCUT2D eigenvalue weighted by Gasteiger charge is -2.26. The van der Waals surface area contributed by atoms with Crippen LogP contribution in [0.5, 0.6) is 0 Å². The van der Waals surface area contributed by atoms with Gasteiger partial charge in [-0.15, -0.1) is 0 Å². The Morgan fingerprint density at radius 3 is 2.67 bits per heavy atom. The first kappa shape index (κ1) is 15.8. The number of benzene rings is 1. The van der Waals surface area contributed by atoms with Crippen LogP contribution in [0.15, 0.2) is 18.2 Å². The first-order chi connectivity index (χ1) is 10.0. The zero-order valence-electron chi connectivity index (χ0n) is 12.2. The third-order valence-electron chi connectivity index (χ3n) is 3.39. The maximum absolute atomic E-state index is 12.4. The van der Waals surface area contributed by atoms with E-state index in [2.05, 4.69) is 16.6 Å². The summed E-state index contributed by atoms with van der Waals surface area (Å²) < 4.78 is 29.0. The lowest BCUT2D eigenvalue weighted by Crippen LogP contribution is -2.39. The van der Waals surface area contributed by atoms with Crippen LogP contribution in [0.1, 0.15) is 30.4 Å². The molecule has 0 amide bonds. The molecule has 114 valence electrons. The lowest BCUT2D eigenvalue weighted by atomic mass is 10.1. The van der Waals surface area contributed by atoms with Crippen molar-refractivity contribution in [2.45, 2.75) is 26.2 Å². The predicted octanol–water partition coefficient (Wildman–Crippen LogP) is 1.45. The predicted molar refractivity (Wildman–Crippen MR) is 85.1 cm³/mol. The second-order valence-corrected chi connectivity index (χ2v) is 6.79. The molecule has 6 heteroatoms. The van der Waals surface area contributed by atoms with Gasteiger partial charge in [-0.05, 0) is 37.5 Å². The number of piperidine rings is 1. The maximum Gasteiger partial charge on any atom is 0.301 e. The monoisotopic (exact) mass is 307 g/mol. The fourth-order valence-electron chi connectivity index (χ4n) is 2.31. The second-order valence-electron chi connectivity index (χ2n) is 5.12. The lowest BCUT2D eigenvalue weighted by molar-refractivity contribution is 0.349. The van der Waals surface area contributed by atoms with Crippen molar-refractivity contribution in [1.29, 1.82) is 0 Å². The van der Waals surface area contributed by atoms with E-state index >= 15 is 0 Å². The van der Waals surface area contributed by atoms with Crippen LogP contribution in [0.3, 0.4) is 0 Å². The molecule has 1 heterocycles. The Morgan fingerprint density at radius 2 is 2.00 bits per heavy atom. The molecule has 1 aromatic carbocycles. The Morgan fingerprint density at radius 1 is 1.29 bits per heavy atom. The number of nitrogens with zero attached hydrogens (tertiary/aromatic N) is 1. The molecule has 1 aliphatic heterocycles. The molecule has 0 aliphatic carbocycles. The number of hydrogen-bond donors (Lipinski definition) is 2. The van der Waals surface area contributed by atoms with Crippen LogP contribution in [0.25, 0.3) is 0 Å². The van der Waals surface area contributed by atoms with Gasteiger partial charge in [0.1, 0.15) is 0 Å². The molecule has 1 aliphatic rings. The average molecular weight is 307 g/mol. The van der Waals surface area contributed by atoms with Gasteiger partial charge >= 0.3 is 10.2 Å². The van der Waals surface area contributed by atoms with Crippen molar-refractivity contribution >= 4 is 15.9 Å². The Hall–Kier alpha value is -1.55. The highest BCUT2D eigenvalue weighted by Crippen LogP contribution is 2.21. The van der Waals surface area contributed by atoms with Gasteiger partial charge in [-0.2, -0.15) is 12.7 Å². The summed E-state index contributed by atoms with van der Waals surface area (Å²) >= 11 is 0. The van der Waals surface area contributed by atoms with Crippen molar-refractivity contribution < 1.29 is 8.42 Å². The number of nitrogens with two attached hydrogens (primary N) is 1. The summed E-state index contributed by atoms with van der Waals surface area (Å²) in [4.78, 5) is 0. The van der Waals surface area contributed by atoms with E-state index in [1.165, 1.54) is 4.31 Å². The van der Waals surface area contributed by atoms with Gasteiger partial charge in [0.2, 0.25) is 0 Å². The quantitative estimate of drug-likeness (QED) is 0.830. The minimum absolute atomic E-state index is 0.242. The number of anilines is 1. The molecule has 0 aromatic heterocycles. The molecule has 0 bridgehead atoms. The fourth-order valence-corrected chi connectivity index (χ4v) is 3.62. The molecule has 0 unspecified atom stereocenters. The standard InChI is InChI=1S/C15H21N3O2S/c1-13-7-8-14(6-5-9-16)15(12-13)17-21(19,20)18-10-3-2-4-11-18/h7-8,12,17H,2-4,9-11,16H2,1H3. The minimum Gasteiger partial charge on any atom is -0.320 e. The summed E-state index contributed by atoms with van der Waals surface area (Å²) in [5.41, 5.74) is 7.52. The third kappa shape index (κ3) is 4.21. The van der Waals surface area contributed by atoms with E-state index < -0.39 is 10.2 Å². The Labute approximate surface area is 126 Å². The van der Waals surface area contributed by atoms with Gasteiger partial charge in [0.05, 0.1) is 12.2 Å². The molecule has 1 aromatic rings. The van der Waals surface area contributed by atoms with Crippen LogP contribution in [0, 0.1) is 18.8 Å². The van der Waals surface area contributed by atoms with Crippen LogP contribution < -0.4 is 10.5 Å². The largest absolute Gasteiger partial charge is 0.320 e. The summed E-state index contributed by atoms with van der Waals surface area (Å²) in [5.74, 6) is 5.66. The summed E-state index contributed by atoms with van der Waals surface area (Å²) in [6, 6.07) is 5.51. The highest BCUT2D eigenvalue weighted by Gasteiger charge is 2.24. The smallest absolute Gasteiger partial charge is 0.301 e. The van der Waals surface area contributed by atoms with Gasteiger partial charge < -0.3 is 5.73 Å². The summed E-state index contributed by atoms with van der Waals surface area (Å²) in [6.45, 7) is 3.31. The minimum atomic E-state index is -3.52. The van der Waals surface area contributed by atoms with Crippen molar-refractivity contribution in [3.8, 4) is 11.8 Å². The Balaban J connectivity index is 2.27. The van der Waals surface area contributed by atoms with Crippen LogP contribution in [-0.4, -0.2) is 32.4 Å². The summed E-state index contributed by atoms with van der Waals surface area (Å²) in [5, 5.41) is 0. The topological polar surface area (TPSA) is 75.4 Å². The van der Waals surface area contributed by atoms with Crippen LogP contribution in [0.2, 0.25) is 0 Å². The highest BCUT2D eigenvalue weighted by atomic mass is 32.2. The Kier molecular flexibility index (Phi) is 5.23. The van der Waals surface area contributed by atoms with E-state index in [9.17, 15) is 8.42 Å². The van der Waals surface area contributed by atoms with Crippen LogP contribution in [-0.2, 0) is 10.2 Å². The average Bonchev–Trinajstić information content (AvgIpc) is 2.47. The summed E-state index contributed by atoms with van der Waals surface area (Å²) in [7, 11) is -3.52. The normalized spacial score (nSPS) is 16.1. The fraction of sp³-hybridized carbons (Fsp3) is 0.467. The van der Waals surface area contributed by atoms with Crippen molar-refractivity contribution in [2.75, 3.05) is 24.4 Å². The third-order valence-corrected chi connectivity index (χ3v) is 4.92.